The van der Waals surface area contributed by atoms with Gasteiger partial charge in [-0.1, -0.05) is 30.1 Å². The van der Waals surface area contributed by atoms with Crippen LogP contribution >= 0.6 is 23.2 Å². The highest BCUT2D eigenvalue weighted by Gasteiger charge is 2.11. The molecule has 90 valence electrons. The van der Waals surface area contributed by atoms with Crippen LogP contribution in [0.2, 0.25) is 10.0 Å². The van der Waals surface area contributed by atoms with E-state index in [4.69, 9.17) is 23.2 Å². The van der Waals surface area contributed by atoms with Crippen molar-refractivity contribution in [2.24, 2.45) is 0 Å². The molecular weight excluding hydrogens is 263 g/mol. The van der Waals surface area contributed by atoms with Crippen LogP contribution in [-0.4, -0.2) is 19.8 Å². The van der Waals surface area contributed by atoms with E-state index in [1.165, 1.54) is 4.68 Å². The highest BCUT2D eigenvalue weighted by atomic mass is 35.5. The Balaban J connectivity index is 2.53. The second-order valence-corrected chi connectivity index (χ2v) is 4.34. The summed E-state index contributed by atoms with van der Waals surface area (Å²) in [5.41, 5.74) is 0.113. The summed E-state index contributed by atoms with van der Waals surface area (Å²) >= 11 is 11.9. The van der Waals surface area contributed by atoms with Gasteiger partial charge in [-0.05, 0) is 35.0 Å². The average Bonchev–Trinajstić information content (AvgIpc) is 2.65. The maximum atomic E-state index is 11.9. The lowest BCUT2D eigenvalue weighted by molar-refractivity contribution is 0.564. The summed E-state index contributed by atoms with van der Waals surface area (Å²) < 4.78 is 2.43. The number of benzene rings is 1. The number of nitrogens with zero attached hydrogens (tertiary/aromatic N) is 4. The molecule has 1 aromatic heterocycles. The molecule has 0 amide bonds. The van der Waals surface area contributed by atoms with E-state index in [1.54, 1.807) is 18.2 Å². The number of aromatic nitrogens is 4. The van der Waals surface area contributed by atoms with Crippen molar-refractivity contribution in [3.8, 4) is 5.69 Å². The maximum absolute atomic E-state index is 11.9. The summed E-state index contributed by atoms with van der Waals surface area (Å²) in [6.45, 7) is 2.48. The van der Waals surface area contributed by atoms with Crippen molar-refractivity contribution in [1.82, 2.24) is 19.8 Å². The first kappa shape index (κ1) is 12.1. The van der Waals surface area contributed by atoms with Crippen LogP contribution in [0.4, 0.5) is 0 Å². The van der Waals surface area contributed by atoms with Gasteiger partial charge >= 0.3 is 5.69 Å². The van der Waals surface area contributed by atoms with Gasteiger partial charge in [0.25, 0.3) is 0 Å². The predicted octanol–water partition coefficient (Wildman–Crippen LogP) is 2.15. The molecule has 17 heavy (non-hydrogen) atoms. The normalized spacial score (nSPS) is 10.8. The number of hydrogen-bond acceptors (Lipinski definition) is 3. The molecule has 0 atom stereocenters. The van der Waals surface area contributed by atoms with E-state index in [-0.39, 0.29) is 5.69 Å². The zero-order chi connectivity index (χ0) is 12.4. The van der Waals surface area contributed by atoms with Gasteiger partial charge in [-0.2, -0.15) is 9.36 Å². The molecule has 1 aromatic carbocycles. The number of rotatable bonds is 3. The topological polar surface area (TPSA) is 52.7 Å². The molecule has 0 aliphatic carbocycles. The first-order valence-electron chi connectivity index (χ1n) is 5.11. The fraction of sp³-hybridized carbons (Fsp3) is 0.300. The van der Waals surface area contributed by atoms with Crippen LogP contribution < -0.4 is 5.69 Å². The highest BCUT2D eigenvalue weighted by Crippen LogP contribution is 2.22. The van der Waals surface area contributed by atoms with Crippen molar-refractivity contribution >= 4 is 23.2 Å². The lowest BCUT2D eigenvalue weighted by atomic mass is 10.3. The Morgan fingerprint density at radius 2 is 2.06 bits per heavy atom. The molecule has 0 aliphatic rings. The van der Waals surface area contributed by atoms with E-state index in [0.29, 0.717) is 22.3 Å². The number of tetrazole rings is 1. The molecule has 5 nitrogen and oxygen atoms in total. The quantitative estimate of drug-likeness (QED) is 0.860. The molecule has 0 unspecified atom stereocenters. The summed E-state index contributed by atoms with van der Waals surface area (Å²) in [7, 11) is 0. The fourth-order valence-corrected chi connectivity index (χ4v) is 1.79. The van der Waals surface area contributed by atoms with Crippen LogP contribution in [0.25, 0.3) is 5.69 Å². The maximum Gasteiger partial charge on any atom is 0.368 e. The second-order valence-electron chi connectivity index (χ2n) is 3.49. The fourth-order valence-electron chi connectivity index (χ4n) is 1.43. The molecule has 0 radical (unpaired) electrons. The minimum atomic E-state index is -0.323. The number of aryl methyl sites for hydroxylation is 1. The number of halogens is 2. The summed E-state index contributed by atoms with van der Waals surface area (Å²) in [6, 6.07) is 4.84. The molecule has 1 heterocycles. The van der Waals surface area contributed by atoms with Gasteiger partial charge < -0.3 is 0 Å². The van der Waals surface area contributed by atoms with Crippen molar-refractivity contribution < 1.29 is 0 Å². The van der Waals surface area contributed by atoms with Crippen molar-refractivity contribution in [2.45, 2.75) is 19.9 Å². The Bertz CT molecular complexity index is 590. The van der Waals surface area contributed by atoms with Crippen molar-refractivity contribution in [2.75, 3.05) is 0 Å². The predicted molar refractivity (Wildman–Crippen MR) is 65.9 cm³/mol. The molecule has 0 spiro atoms. The Morgan fingerprint density at radius 3 is 2.76 bits per heavy atom. The Labute approximate surface area is 108 Å². The lowest BCUT2D eigenvalue weighted by Gasteiger charge is -2.01. The third kappa shape index (κ3) is 2.35. The van der Waals surface area contributed by atoms with Crippen LogP contribution in [0.1, 0.15) is 13.3 Å². The summed E-state index contributed by atoms with van der Waals surface area (Å²) in [6.07, 6.45) is 0.807. The van der Waals surface area contributed by atoms with Gasteiger partial charge in [-0.15, -0.1) is 0 Å². The zero-order valence-electron chi connectivity index (χ0n) is 9.10. The van der Waals surface area contributed by atoms with Gasteiger partial charge in [-0.25, -0.2) is 4.79 Å². The van der Waals surface area contributed by atoms with Crippen LogP contribution in [0.3, 0.4) is 0 Å². The third-order valence-corrected chi connectivity index (χ3v) is 2.77. The zero-order valence-corrected chi connectivity index (χ0v) is 10.6. The van der Waals surface area contributed by atoms with E-state index < -0.39 is 0 Å². The summed E-state index contributed by atoms with van der Waals surface area (Å²) in [5.74, 6) is 0. The van der Waals surface area contributed by atoms with E-state index in [1.807, 2.05) is 6.92 Å². The molecule has 7 heteroatoms. The standard InChI is InChI=1S/C10H10Cl2N4O/c1-2-5-15-10(17)16(14-13-15)9-6-7(11)3-4-8(9)12/h3-4,6H,2,5H2,1H3. The molecule has 0 bridgehead atoms. The molecule has 0 fully saturated rings. The van der Waals surface area contributed by atoms with Gasteiger partial charge in [0.05, 0.1) is 10.7 Å². The first-order valence-corrected chi connectivity index (χ1v) is 5.87. The van der Waals surface area contributed by atoms with Gasteiger partial charge in [0, 0.05) is 11.6 Å². The lowest BCUT2D eigenvalue weighted by Crippen LogP contribution is -2.24. The minimum Gasteiger partial charge on any atom is -0.244 e. The van der Waals surface area contributed by atoms with Crippen LogP contribution in [-0.2, 0) is 6.54 Å². The third-order valence-electron chi connectivity index (χ3n) is 2.21. The molecule has 2 aromatic rings. The van der Waals surface area contributed by atoms with Gasteiger partial charge in [-0.3, -0.25) is 0 Å². The van der Waals surface area contributed by atoms with Crippen molar-refractivity contribution in [1.29, 1.82) is 0 Å². The summed E-state index contributed by atoms with van der Waals surface area (Å²) in [4.78, 5) is 11.9. The molecule has 0 N–H and O–H groups in total. The molecule has 2 rings (SSSR count). The van der Waals surface area contributed by atoms with Gasteiger partial charge in [0.2, 0.25) is 0 Å². The largest absolute Gasteiger partial charge is 0.368 e. The smallest absolute Gasteiger partial charge is 0.244 e. The van der Waals surface area contributed by atoms with Crippen molar-refractivity contribution in [3.63, 3.8) is 0 Å². The monoisotopic (exact) mass is 272 g/mol. The Hall–Kier alpha value is -1.33. The summed E-state index contributed by atoms with van der Waals surface area (Å²) in [5, 5.41) is 8.44. The van der Waals surface area contributed by atoms with Crippen LogP contribution in [0.15, 0.2) is 23.0 Å². The van der Waals surface area contributed by atoms with E-state index in [2.05, 4.69) is 10.4 Å². The molecule has 0 aliphatic heterocycles. The van der Waals surface area contributed by atoms with Gasteiger partial charge in [0.1, 0.15) is 0 Å². The second kappa shape index (κ2) is 4.89. The van der Waals surface area contributed by atoms with E-state index >= 15 is 0 Å². The molecule has 0 saturated heterocycles. The first-order chi connectivity index (χ1) is 8.13. The van der Waals surface area contributed by atoms with Gasteiger partial charge in [0.15, 0.2) is 0 Å². The highest BCUT2D eigenvalue weighted by molar-refractivity contribution is 6.34. The van der Waals surface area contributed by atoms with E-state index in [0.717, 1.165) is 11.1 Å². The average molecular weight is 273 g/mol. The SMILES string of the molecule is CCCn1nnn(-c2cc(Cl)ccc2Cl)c1=O. The number of hydrogen-bond donors (Lipinski definition) is 0. The van der Waals surface area contributed by atoms with E-state index in [9.17, 15) is 4.79 Å². The van der Waals surface area contributed by atoms with Crippen LogP contribution in [0.5, 0.6) is 0 Å². The minimum absolute atomic E-state index is 0.323. The molecule has 0 saturated carbocycles. The molecular formula is C10H10Cl2N4O. The Kier molecular flexibility index (Phi) is 3.49. The van der Waals surface area contributed by atoms with Crippen LogP contribution in [0, 0.1) is 0 Å². The van der Waals surface area contributed by atoms with Crippen molar-refractivity contribution in [3.05, 3.63) is 38.7 Å². The Morgan fingerprint density at radius 1 is 1.29 bits per heavy atom.